The van der Waals surface area contributed by atoms with Crippen LogP contribution in [-0.2, 0) is 0 Å². The van der Waals surface area contributed by atoms with Crippen molar-refractivity contribution in [1.29, 1.82) is 0 Å². The van der Waals surface area contributed by atoms with Gasteiger partial charge in [0.25, 0.3) is 0 Å². The van der Waals surface area contributed by atoms with Crippen LogP contribution in [0.2, 0.25) is 0 Å². The quantitative estimate of drug-likeness (QED) is 0.499. The molecule has 0 aliphatic heterocycles. The summed E-state index contributed by atoms with van der Waals surface area (Å²) in [6.45, 7) is 11.5. The number of aliphatic hydroxyl groups excluding tert-OH is 1. The minimum absolute atomic E-state index is 0.216. The van der Waals surface area contributed by atoms with E-state index >= 15 is 0 Å². The fourth-order valence-corrected chi connectivity index (χ4v) is 0.414. The molecule has 0 rings (SSSR count). The smallest absolute Gasteiger partial charge is 0.114 e. The van der Waals surface area contributed by atoms with Crippen LogP contribution >= 0.6 is 0 Å². The van der Waals surface area contributed by atoms with Crippen molar-refractivity contribution in [2.75, 3.05) is 0 Å². The highest BCUT2D eigenvalue weighted by atomic mass is 16.3. The van der Waals surface area contributed by atoms with Crippen molar-refractivity contribution in [3.05, 3.63) is 36.1 Å². The highest BCUT2D eigenvalue weighted by Crippen LogP contribution is 1.99. The molecular formula is C11H20O. The number of allylic oxidation sites excluding steroid dienone is 4. The van der Waals surface area contributed by atoms with Gasteiger partial charge in [0.15, 0.2) is 0 Å². The molecule has 1 N–H and O–H groups in total. The summed E-state index contributed by atoms with van der Waals surface area (Å²) in [7, 11) is 0. The maximum Gasteiger partial charge on any atom is 0.114 e. The normalized spacial score (nSPS) is 11.7. The van der Waals surface area contributed by atoms with Crippen LogP contribution in [0.25, 0.3) is 0 Å². The summed E-state index contributed by atoms with van der Waals surface area (Å²) in [5.41, 5.74) is 1.24. The first kappa shape index (κ1) is 13.6. The van der Waals surface area contributed by atoms with Gasteiger partial charge in [0.05, 0.1) is 0 Å². The van der Waals surface area contributed by atoms with Gasteiger partial charge in [-0.25, -0.2) is 0 Å². The lowest BCUT2D eigenvalue weighted by Gasteiger charge is -1.90. The van der Waals surface area contributed by atoms with Crippen LogP contribution in [-0.4, -0.2) is 5.11 Å². The molecule has 0 unspecified atom stereocenters. The first-order chi connectivity index (χ1) is 5.70. The average molecular weight is 168 g/mol. The molecule has 0 atom stereocenters. The number of hydrogen-bond donors (Lipinski definition) is 1. The molecule has 70 valence electrons. The van der Waals surface area contributed by atoms with Crippen LogP contribution in [0.4, 0.5) is 0 Å². The molecule has 1 nitrogen and oxygen atoms in total. The lowest BCUT2D eigenvalue weighted by Crippen LogP contribution is -1.72. The SMILES string of the molecule is C=C/C(O)=C\C=C(\C)CC.CC. The molecule has 0 spiro atoms. The molecule has 1 heteroatoms. The first-order valence-corrected chi connectivity index (χ1v) is 4.39. The molecule has 0 aromatic rings. The highest BCUT2D eigenvalue weighted by Gasteiger charge is 1.81. The lowest BCUT2D eigenvalue weighted by atomic mass is 10.2. The molecule has 0 saturated carbocycles. The molecule has 0 bridgehead atoms. The maximum absolute atomic E-state index is 8.90. The molecule has 0 aromatic carbocycles. The fourth-order valence-electron chi connectivity index (χ4n) is 0.414. The molecule has 0 saturated heterocycles. The zero-order valence-electron chi connectivity index (χ0n) is 8.59. The average Bonchev–Trinajstić information content (AvgIpc) is 2.16. The van der Waals surface area contributed by atoms with E-state index in [0.29, 0.717) is 0 Å². The van der Waals surface area contributed by atoms with Crippen molar-refractivity contribution in [2.24, 2.45) is 0 Å². The van der Waals surface area contributed by atoms with Gasteiger partial charge < -0.3 is 5.11 Å². The van der Waals surface area contributed by atoms with E-state index in [4.69, 9.17) is 5.11 Å². The van der Waals surface area contributed by atoms with Gasteiger partial charge >= 0.3 is 0 Å². The van der Waals surface area contributed by atoms with Crippen molar-refractivity contribution in [3.8, 4) is 0 Å². The van der Waals surface area contributed by atoms with Crippen molar-refractivity contribution < 1.29 is 5.11 Å². The fraction of sp³-hybridized carbons (Fsp3) is 0.455. The van der Waals surface area contributed by atoms with Gasteiger partial charge in [0.1, 0.15) is 5.76 Å². The summed E-state index contributed by atoms with van der Waals surface area (Å²) in [5, 5.41) is 8.90. The number of hydrogen-bond acceptors (Lipinski definition) is 1. The van der Waals surface area contributed by atoms with Crippen LogP contribution in [0.15, 0.2) is 36.1 Å². The number of rotatable bonds is 3. The summed E-state index contributed by atoms with van der Waals surface area (Å²) in [6.07, 6.45) is 5.96. The van der Waals surface area contributed by atoms with Gasteiger partial charge in [-0.2, -0.15) is 0 Å². The van der Waals surface area contributed by atoms with Gasteiger partial charge in [-0.3, -0.25) is 0 Å². The first-order valence-electron chi connectivity index (χ1n) is 4.39. The molecule has 12 heavy (non-hydrogen) atoms. The Bertz CT molecular complexity index is 164. The van der Waals surface area contributed by atoms with Crippen LogP contribution < -0.4 is 0 Å². The molecule has 0 heterocycles. The van der Waals surface area contributed by atoms with E-state index in [-0.39, 0.29) is 5.76 Å². The Morgan fingerprint density at radius 2 is 1.83 bits per heavy atom. The maximum atomic E-state index is 8.90. The second-order valence-corrected chi connectivity index (χ2v) is 2.16. The minimum Gasteiger partial charge on any atom is -0.508 e. The van der Waals surface area contributed by atoms with Gasteiger partial charge in [-0.1, -0.05) is 39.0 Å². The largest absolute Gasteiger partial charge is 0.508 e. The highest BCUT2D eigenvalue weighted by molar-refractivity contribution is 5.18. The predicted octanol–water partition coefficient (Wildman–Crippen LogP) is 4.00. The topological polar surface area (TPSA) is 20.2 Å². The van der Waals surface area contributed by atoms with E-state index in [1.807, 2.05) is 26.8 Å². The van der Waals surface area contributed by atoms with Gasteiger partial charge in [-0.15, -0.1) is 0 Å². The van der Waals surface area contributed by atoms with Crippen LogP contribution in [0.3, 0.4) is 0 Å². The second-order valence-electron chi connectivity index (χ2n) is 2.16. The molecular weight excluding hydrogens is 148 g/mol. The van der Waals surface area contributed by atoms with Gasteiger partial charge in [0, 0.05) is 0 Å². The molecule has 0 fully saturated rings. The van der Waals surface area contributed by atoms with Crippen molar-refractivity contribution in [1.82, 2.24) is 0 Å². The second kappa shape index (κ2) is 10.0. The van der Waals surface area contributed by atoms with E-state index < -0.39 is 0 Å². The Hall–Kier alpha value is -0.980. The number of aliphatic hydroxyl groups is 1. The van der Waals surface area contributed by atoms with Crippen molar-refractivity contribution in [2.45, 2.75) is 34.1 Å². The Morgan fingerprint density at radius 1 is 1.33 bits per heavy atom. The zero-order valence-corrected chi connectivity index (χ0v) is 8.59. The van der Waals surface area contributed by atoms with Crippen LogP contribution in [0.1, 0.15) is 34.1 Å². The van der Waals surface area contributed by atoms with E-state index in [0.717, 1.165) is 6.42 Å². The van der Waals surface area contributed by atoms with Crippen LogP contribution in [0, 0.1) is 0 Å². The molecule has 0 aliphatic rings. The zero-order chi connectivity index (χ0) is 9.98. The molecule has 0 amide bonds. The summed E-state index contributed by atoms with van der Waals surface area (Å²) < 4.78 is 0. The Kier molecular flexibility index (Phi) is 11.4. The Balaban J connectivity index is 0. The third-order valence-corrected chi connectivity index (χ3v) is 1.31. The van der Waals surface area contributed by atoms with Crippen LogP contribution in [0.5, 0.6) is 0 Å². The standard InChI is InChI=1S/C9H14O.C2H6/c1-4-8(3)6-7-9(10)5-2;1-2/h5-7,10H,2,4H2,1,3H3;1-2H3/b8-6-,9-7+;. The van der Waals surface area contributed by atoms with Gasteiger partial charge in [-0.05, 0) is 25.5 Å². The predicted molar refractivity (Wildman–Crippen MR) is 56.3 cm³/mol. The van der Waals surface area contributed by atoms with E-state index in [1.165, 1.54) is 11.6 Å². The van der Waals surface area contributed by atoms with E-state index in [2.05, 4.69) is 13.5 Å². The lowest BCUT2D eigenvalue weighted by molar-refractivity contribution is 0.433. The van der Waals surface area contributed by atoms with Crippen molar-refractivity contribution >= 4 is 0 Å². The Labute approximate surface area is 76.1 Å². The minimum atomic E-state index is 0.216. The monoisotopic (exact) mass is 168 g/mol. The summed E-state index contributed by atoms with van der Waals surface area (Å²) in [4.78, 5) is 0. The summed E-state index contributed by atoms with van der Waals surface area (Å²) >= 11 is 0. The van der Waals surface area contributed by atoms with E-state index in [9.17, 15) is 0 Å². The van der Waals surface area contributed by atoms with Crippen molar-refractivity contribution in [3.63, 3.8) is 0 Å². The van der Waals surface area contributed by atoms with Gasteiger partial charge in [0.2, 0.25) is 0 Å². The van der Waals surface area contributed by atoms with E-state index in [1.54, 1.807) is 6.08 Å². The molecule has 0 aromatic heterocycles. The third-order valence-electron chi connectivity index (χ3n) is 1.31. The Morgan fingerprint density at radius 3 is 2.17 bits per heavy atom. The molecule has 0 aliphatic carbocycles. The summed E-state index contributed by atoms with van der Waals surface area (Å²) in [6, 6.07) is 0. The molecule has 0 radical (unpaired) electrons. The summed E-state index contributed by atoms with van der Waals surface area (Å²) in [5.74, 6) is 0.216. The third kappa shape index (κ3) is 9.02.